The lowest BCUT2D eigenvalue weighted by atomic mass is 9.98. The molecule has 0 aliphatic carbocycles. The molecule has 1 unspecified atom stereocenters. The molecule has 1 saturated heterocycles. The van der Waals surface area contributed by atoms with Crippen LogP contribution in [-0.2, 0) is 37.2 Å². The van der Waals surface area contributed by atoms with Gasteiger partial charge in [-0.3, -0.25) is 14.6 Å². The fourth-order valence-corrected chi connectivity index (χ4v) is 9.90. The van der Waals surface area contributed by atoms with E-state index in [-0.39, 0.29) is 17.1 Å². The second-order valence-corrected chi connectivity index (χ2v) is 16.3. The van der Waals surface area contributed by atoms with Crippen molar-refractivity contribution in [2.45, 2.75) is 112 Å². The van der Waals surface area contributed by atoms with Crippen molar-refractivity contribution in [1.29, 1.82) is 0 Å². The summed E-state index contributed by atoms with van der Waals surface area (Å²) in [6.45, 7) is 6.27. The van der Waals surface area contributed by atoms with Crippen LogP contribution in [0.3, 0.4) is 0 Å². The van der Waals surface area contributed by atoms with Crippen LogP contribution < -0.4 is 5.32 Å². The van der Waals surface area contributed by atoms with Gasteiger partial charge in [0.1, 0.15) is 17.9 Å². The van der Waals surface area contributed by atoms with Crippen LogP contribution in [-0.4, -0.2) is 70.0 Å². The largest absolute Gasteiger partial charge is 0.480 e. The molecular formula is C34H45N3O6S2. The maximum absolute atomic E-state index is 13.6. The number of nitrogens with one attached hydrogen (secondary N) is 1. The van der Waals surface area contributed by atoms with Crippen LogP contribution in [0, 0.1) is 0 Å². The summed E-state index contributed by atoms with van der Waals surface area (Å²) in [7, 11) is -4.02. The van der Waals surface area contributed by atoms with Gasteiger partial charge in [0.15, 0.2) is 0 Å². The number of carboxylic acids is 1. The number of carbonyl (C=O) groups excluding carboxylic acids is 2. The highest BCUT2D eigenvalue weighted by atomic mass is 32.2. The third kappa shape index (κ3) is 9.26. The Labute approximate surface area is 271 Å². The van der Waals surface area contributed by atoms with Crippen LogP contribution in [0.4, 0.5) is 0 Å². The summed E-state index contributed by atoms with van der Waals surface area (Å²) in [5, 5.41) is 12.1. The van der Waals surface area contributed by atoms with Gasteiger partial charge in [-0.25, -0.2) is 13.2 Å². The lowest BCUT2D eigenvalue weighted by molar-refractivity contribution is -0.142. The molecule has 0 bridgehead atoms. The Hall–Kier alpha value is -3.02. The van der Waals surface area contributed by atoms with Crippen molar-refractivity contribution in [3.8, 4) is 0 Å². The summed E-state index contributed by atoms with van der Waals surface area (Å²) < 4.78 is 27.6. The van der Waals surface area contributed by atoms with Gasteiger partial charge in [0.05, 0.1) is 10.3 Å². The number of aliphatic imine (C=N–C) groups is 1. The zero-order valence-electron chi connectivity index (χ0n) is 26.4. The molecule has 4 rings (SSSR count). The molecule has 9 nitrogen and oxygen atoms in total. The van der Waals surface area contributed by atoms with E-state index in [1.54, 1.807) is 51.1 Å². The SMILES string of the molecule is CC1SC(C)(C)[C@@H](C(=O)N[C@@H](Cc2ccc(CC(=O)CCCCCC3=NCCCC3)cc2)C(=O)O)N1S(=O)(=O)c1ccccc1. The van der Waals surface area contributed by atoms with E-state index in [2.05, 4.69) is 10.3 Å². The van der Waals surface area contributed by atoms with E-state index >= 15 is 0 Å². The second-order valence-electron chi connectivity index (χ2n) is 12.5. The van der Waals surface area contributed by atoms with Gasteiger partial charge < -0.3 is 10.4 Å². The van der Waals surface area contributed by atoms with E-state index in [0.717, 1.165) is 44.2 Å². The number of carboxylic acid groups (broad SMARTS) is 1. The van der Waals surface area contributed by atoms with Crippen LogP contribution in [0.5, 0.6) is 0 Å². The number of Topliss-reactive ketones (excluding diaryl/α,β-unsaturated/α-hetero) is 1. The van der Waals surface area contributed by atoms with E-state index in [9.17, 15) is 27.9 Å². The Kier molecular flexibility index (Phi) is 12.0. The van der Waals surface area contributed by atoms with Gasteiger partial charge in [-0.05, 0) is 82.6 Å². The molecule has 3 atom stereocenters. The first-order valence-electron chi connectivity index (χ1n) is 15.8. The van der Waals surface area contributed by atoms with Gasteiger partial charge in [0, 0.05) is 36.3 Å². The molecule has 0 aromatic heterocycles. The molecule has 2 N–H and O–H groups in total. The maximum Gasteiger partial charge on any atom is 0.326 e. The van der Waals surface area contributed by atoms with Crippen LogP contribution in [0.2, 0.25) is 0 Å². The van der Waals surface area contributed by atoms with Gasteiger partial charge >= 0.3 is 5.97 Å². The van der Waals surface area contributed by atoms with Crippen molar-refractivity contribution in [3.05, 3.63) is 65.7 Å². The number of aliphatic carboxylic acids is 1. The Morgan fingerprint density at radius 3 is 2.36 bits per heavy atom. The highest BCUT2D eigenvalue weighted by Crippen LogP contribution is 2.46. The quantitative estimate of drug-likeness (QED) is 0.245. The van der Waals surface area contributed by atoms with E-state index in [1.165, 1.54) is 46.8 Å². The van der Waals surface area contributed by atoms with Crippen molar-refractivity contribution < 1.29 is 27.9 Å². The summed E-state index contributed by atoms with van der Waals surface area (Å²) >= 11 is 1.35. The number of ketones is 1. The number of hydrogen-bond donors (Lipinski definition) is 2. The zero-order chi connectivity index (χ0) is 32.6. The first-order valence-corrected chi connectivity index (χ1v) is 18.1. The number of sulfonamides is 1. The molecule has 45 heavy (non-hydrogen) atoms. The number of hydrogen-bond acceptors (Lipinski definition) is 7. The standard InChI is InChI=1S/C34H45N3O6S2/c1-24-37(45(42,43)29-15-8-5-9-16-29)31(34(2,3)44-24)32(39)36-30(33(40)41)23-26-19-17-25(18-20-26)22-28(38)14-7-4-6-12-27-13-10-11-21-35-27/h5,8-9,15-20,24,30-31H,4,6-7,10-14,21-23H2,1-3H3,(H,36,39)(H,40,41)/t24?,30-,31+/m0/s1. The molecule has 2 aromatic carbocycles. The van der Waals surface area contributed by atoms with Gasteiger partial charge in [0.25, 0.3) is 0 Å². The molecule has 2 aliphatic rings. The third-order valence-corrected chi connectivity index (χ3v) is 11.9. The zero-order valence-corrected chi connectivity index (χ0v) is 28.0. The summed E-state index contributed by atoms with van der Waals surface area (Å²) in [6, 6.07) is 12.8. The predicted molar refractivity (Wildman–Crippen MR) is 178 cm³/mol. The van der Waals surface area contributed by atoms with Crippen molar-refractivity contribution in [2.24, 2.45) is 4.99 Å². The highest BCUT2D eigenvalue weighted by Gasteiger charge is 2.55. The summed E-state index contributed by atoms with van der Waals surface area (Å²) in [4.78, 5) is 43.1. The van der Waals surface area contributed by atoms with Gasteiger partial charge in [-0.15, -0.1) is 11.8 Å². The number of nitrogens with zero attached hydrogens (tertiary/aromatic N) is 2. The average Bonchev–Trinajstić information content (AvgIpc) is 3.26. The summed E-state index contributed by atoms with van der Waals surface area (Å²) in [6.07, 6.45) is 8.40. The molecule has 0 saturated carbocycles. The number of unbranched alkanes of at least 4 members (excludes halogenated alkanes) is 2. The molecule has 1 amide bonds. The number of benzene rings is 2. The van der Waals surface area contributed by atoms with Gasteiger partial charge in [0.2, 0.25) is 15.9 Å². The van der Waals surface area contributed by atoms with E-state index in [1.807, 2.05) is 12.1 Å². The molecule has 2 heterocycles. The van der Waals surface area contributed by atoms with Crippen molar-refractivity contribution in [1.82, 2.24) is 9.62 Å². The normalized spacial score (nSPS) is 20.7. The van der Waals surface area contributed by atoms with Crippen LogP contribution in [0.15, 0.2) is 64.5 Å². The minimum Gasteiger partial charge on any atom is -0.480 e. The second kappa shape index (κ2) is 15.5. The third-order valence-electron chi connectivity index (χ3n) is 8.42. The minimum absolute atomic E-state index is 0.0157. The van der Waals surface area contributed by atoms with Crippen LogP contribution in [0.1, 0.15) is 83.3 Å². The van der Waals surface area contributed by atoms with E-state index in [0.29, 0.717) is 18.4 Å². The predicted octanol–water partition coefficient (Wildman–Crippen LogP) is 5.42. The van der Waals surface area contributed by atoms with Crippen LogP contribution in [0.25, 0.3) is 0 Å². The minimum atomic E-state index is -4.02. The first-order chi connectivity index (χ1) is 21.4. The fraction of sp³-hybridized carbons (Fsp3) is 0.529. The van der Waals surface area contributed by atoms with Crippen molar-refractivity contribution in [3.63, 3.8) is 0 Å². The number of amides is 1. The molecular weight excluding hydrogens is 611 g/mol. The van der Waals surface area contributed by atoms with Gasteiger partial charge in [-0.2, -0.15) is 4.31 Å². The Balaban J connectivity index is 1.33. The Bertz CT molecular complexity index is 1480. The molecule has 2 aromatic rings. The molecule has 0 radical (unpaired) electrons. The summed E-state index contributed by atoms with van der Waals surface area (Å²) in [5.74, 6) is -1.69. The van der Waals surface area contributed by atoms with E-state index in [4.69, 9.17) is 0 Å². The maximum atomic E-state index is 13.6. The number of rotatable bonds is 15. The average molecular weight is 656 g/mol. The molecule has 11 heteroatoms. The van der Waals surface area contributed by atoms with Crippen molar-refractivity contribution >= 4 is 45.2 Å². The Morgan fingerprint density at radius 1 is 1.02 bits per heavy atom. The smallest absolute Gasteiger partial charge is 0.326 e. The van der Waals surface area contributed by atoms with Gasteiger partial charge in [-0.1, -0.05) is 48.9 Å². The fourth-order valence-electron chi connectivity index (χ4n) is 6.14. The molecule has 1 fully saturated rings. The topological polar surface area (TPSA) is 133 Å². The van der Waals surface area contributed by atoms with Crippen LogP contribution >= 0.6 is 11.8 Å². The lowest BCUT2D eigenvalue weighted by Crippen LogP contribution is -2.57. The molecule has 0 spiro atoms. The van der Waals surface area contributed by atoms with E-state index < -0.39 is 44.1 Å². The first kappa shape index (κ1) is 34.8. The van der Waals surface area contributed by atoms with Crippen molar-refractivity contribution in [2.75, 3.05) is 6.54 Å². The molecule has 244 valence electrons. The lowest BCUT2D eigenvalue weighted by Gasteiger charge is -2.31. The number of thioether (sulfide) groups is 1. The molecule has 2 aliphatic heterocycles. The monoisotopic (exact) mass is 655 g/mol. The summed E-state index contributed by atoms with van der Waals surface area (Å²) in [5.41, 5.74) is 2.87. The Morgan fingerprint density at radius 2 is 1.71 bits per heavy atom. The highest BCUT2D eigenvalue weighted by molar-refractivity contribution is 8.02. The number of carbonyl (C=O) groups is 3.